The van der Waals surface area contributed by atoms with Gasteiger partial charge in [0.25, 0.3) is 15.7 Å². The first kappa shape index (κ1) is 21.4. The number of nitro benzene ring substituents is 1. The third-order valence-electron chi connectivity index (χ3n) is 3.36. The number of ether oxygens (including phenoxy) is 1. The van der Waals surface area contributed by atoms with E-state index in [1.54, 1.807) is 4.83 Å². The molecule has 2 aromatic rings. The number of hydrogen-bond acceptors (Lipinski definition) is 6. The molecule has 28 heavy (non-hydrogen) atoms. The molecule has 0 aliphatic rings. The van der Waals surface area contributed by atoms with Gasteiger partial charge in [0.2, 0.25) is 0 Å². The quantitative estimate of drug-likeness (QED) is 0.422. The van der Waals surface area contributed by atoms with Gasteiger partial charge >= 0.3 is 6.18 Å². The van der Waals surface area contributed by atoms with Crippen LogP contribution in [0.2, 0.25) is 5.02 Å². The van der Waals surface area contributed by atoms with E-state index < -0.39 is 36.6 Å². The first-order valence-corrected chi connectivity index (χ1v) is 9.06. The van der Waals surface area contributed by atoms with Crippen LogP contribution in [0.25, 0.3) is 0 Å². The molecule has 150 valence electrons. The number of halogens is 4. The van der Waals surface area contributed by atoms with E-state index in [1.165, 1.54) is 19.2 Å². The Morgan fingerprint density at radius 2 is 1.93 bits per heavy atom. The second kappa shape index (κ2) is 8.02. The fourth-order valence-electron chi connectivity index (χ4n) is 2.04. The molecule has 0 amide bonds. The Labute approximate surface area is 161 Å². The number of nitrogens with one attached hydrogen (secondary N) is 1. The third kappa shape index (κ3) is 4.89. The second-order valence-electron chi connectivity index (χ2n) is 5.17. The Balaban J connectivity index is 2.29. The number of benzene rings is 2. The molecular weight excluding hydrogens is 427 g/mol. The van der Waals surface area contributed by atoms with Gasteiger partial charge in [-0.3, -0.25) is 10.1 Å². The number of methoxy groups -OCH3 is 1. The third-order valence-corrected chi connectivity index (χ3v) is 4.90. The number of sulfonamides is 1. The summed E-state index contributed by atoms with van der Waals surface area (Å²) in [4.78, 5) is 11.5. The number of hydrogen-bond donors (Lipinski definition) is 1. The summed E-state index contributed by atoms with van der Waals surface area (Å²) in [6, 6.07) is 5.59. The summed E-state index contributed by atoms with van der Waals surface area (Å²) in [5, 5.41) is 13.6. The lowest BCUT2D eigenvalue weighted by molar-refractivity contribution is -0.385. The summed E-state index contributed by atoms with van der Waals surface area (Å²) < 4.78 is 67.3. The van der Waals surface area contributed by atoms with E-state index in [1.807, 2.05) is 0 Å². The van der Waals surface area contributed by atoms with Crippen molar-refractivity contribution in [2.45, 2.75) is 11.1 Å². The molecule has 0 fully saturated rings. The summed E-state index contributed by atoms with van der Waals surface area (Å²) in [5.74, 6) is 0.268. The molecule has 0 radical (unpaired) electrons. The van der Waals surface area contributed by atoms with Crippen LogP contribution in [0.3, 0.4) is 0 Å². The van der Waals surface area contributed by atoms with E-state index >= 15 is 0 Å². The average molecular weight is 438 g/mol. The van der Waals surface area contributed by atoms with E-state index in [0.29, 0.717) is 18.2 Å². The minimum absolute atomic E-state index is 0.0579. The van der Waals surface area contributed by atoms with Gasteiger partial charge in [-0.05, 0) is 30.3 Å². The highest BCUT2D eigenvalue weighted by Gasteiger charge is 2.33. The van der Waals surface area contributed by atoms with E-state index in [-0.39, 0.29) is 17.0 Å². The van der Waals surface area contributed by atoms with Crippen molar-refractivity contribution in [3.63, 3.8) is 0 Å². The van der Waals surface area contributed by atoms with Crippen LogP contribution >= 0.6 is 11.6 Å². The molecule has 8 nitrogen and oxygen atoms in total. The van der Waals surface area contributed by atoms with Crippen LogP contribution < -0.4 is 9.57 Å². The zero-order chi connectivity index (χ0) is 21.1. The predicted molar refractivity (Wildman–Crippen MR) is 94.0 cm³/mol. The van der Waals surface area contributed by atoms with Crippen molar-refractivity contribution in [3.05, 3.63) is 62.7 Å². The van der Waals surface area contributed by atoms with Crippen molar-refractivity contribution in [1.82, 2.24) is 4.83 Å². The Morgan fingerprint density at radius 3 is 2.46 bits per heavy atom. The number of hydrazone groups is 1. The molecule has 2 rings (SSSR count). The van der Waals surface area contributed by atoms with Crippen molar-refractivity contribution in [3.8, 4) is 5.75 Å². The van der Waals surface area contributed by atoms with E-state index in [9.17, 15) is 31.7 Å². The van der Waals surface area contributed by atoms with Gasteiger partial charge in [0, 0.05) is 6.07 Å². The molecule has 0 saturated heterocycles. The lowest BCUT2D eigenvalue weighted by Crippen LogP contribution is -2.19. The van der Waals surface area contributed by atoms with Gasteiger partial charge in [0.05, 0.1) is 39.3 Å². The summed E-state index contributed by atoms with van der Waals surface area (Å²) in [7, 11) is -3.03. The Kier molecular flexibility index (Phi) is 6.14. The van der Waals surface area contributed by atoms with Crippen LogP contribution in [0.15, 0.2) is 46.4 Å². The van der Waals surface area contributed by atoms with E-state index in [0.717, 1.165) is 12.3 Å². The maximum Gasteiger partial charge on any atom is 0.417 e. The topological polar surface area (TPSA) is 111 Å². The number of rotatable bonds is 6. The SMILES string of the molecule is COc1ccc([N+](=O)[O-])c(C=NNS(=O)(=O)c2ccc(C(F)(F)F)c(Cl)c2)c1. The highest BCUT2D eigenvalue weighted by atomic mass is 35.5. The lowest BCUT2D eigenvalue weighted by atomic mass is 10.2. The number of alkyl halides is 3. The van der Waals surface area contributed by atoms with Gasteiger partial charge in [-0.1, -0.05) is 11.6 Å². The van der Waals surface area contributed by atoms with Gasteiger partial charge in [0.1, 0.15) is 5.75 Å². The molecule has 0 bridgehead atoms. The van der Waals surface area contributed by atoms with E-state index in [4.69, 9.17) is 16.3 Å². The maximum atomic E-state index is 12.7. The molecule has 0 aliphatic heterocycles. The van der Waals surface area contributed by atoms with Crippen molar-refractivity contribution in [1.29, 1.82) is 0 Å². The highest BCUT2D eigenvalue weighted by molar-refractivity contribution is 7.89. The van der Waals surface area contributed by atoms with Crippen LogP contribution in [-0.2, 0) is 16.2 Å². The van der Waals surface area contributed by atoms with Crippen LogP contribution in [0.1, 0.15) is 11.1 Å². The van der Waals surface area contributed by atoms with Gasteiger partial charge < -0.3 is 4.74 Å². The van der Waals surface area contributed by atoms with E-state index in [2.05, 4.69) is 5.10 Å². The van der Waals surface area contributed by atoms with Crippen molar-refractivity contribution < 1.29 is 31.2 Å². The molecule has 0 aromatic heterocycles. The number of nitro groups is 1. The Hall–Kier alpha value is -2.86. The molecule has 13 heteroatoms. The Morgan fingerprint density at radius 1 is 1.25 bits per heavy atom. The summed E-state index contributed by atoms with van der Waals surface area (Å²) >= 11 is 5.50. The molecule has 2 aromatic carbocycles. The van der Waals surface area contributed by atoms with Crippen LogP contribution in [0.5, 0.6) is 5.75 Å². The molecule has 0 heterocycles. The first-order chi connectivity index (χ1) is 13.0. The molecule has 0 unspecified atom stereocenters. The molecular formula is C15H11ClF3N3O5S. The van der Waals surface area contributed by atoms with Crippen molar-refractivity contribution in [2.24, 2.45) is 5.10 Å². The number of nitrogens with zero attached hydrogens (tertiary/aromatic N) is 2. The maximum absolute atomic E-state index is 12.7. The predicted octanol–water partition coefficient (Wildman–Crippen LogP) is 3.59. The fourth-order valence-corrected chi connectivity index (χ4v) is 3.21. The minimum Gasteiger partial charge on any atom is -0.497 e. The molecule has 0 saturated carbocycles. The van der Waals surface area contributed by atoms with Crippen molar-refractivity contribution >= 4 is 33.5 Å². The summed E-state index contributed by atoms with van der Waals surface area (Å²) in [6.45, 7) is 0. The van der Waals surface area contributed by atoms with Gasteiger partial charge in [-0.15, -0.1) is 0 Å². The largest absolute Gasteiger partial charge is 0.497 e. The first-order valence-electron chi connectivity index (χ1n) is 7.20. The average Bonchev–Trinajstić information content (AvgIpc) is 2.60. The molecule has 0 aliphatic carbocycles. The van der Waals surface area contributed by atoms with Crippen LogP contribution in [-0.4, -0.2) is 26.7 Å². The molecule has 1 N–H and O–H groups in total. The van der Waals surface area contributed by atoms with Gasteiger partial charge in [-0.25, -0.2) is 4.83 Å². The Bertz CT molecular complexity index is 1040. The summed E-state index contributed by atoms with van der Waals surface area (Å²) in [6.07, 6.45) is -3.87. The highest BCUT2D eigenvalue weighted by Crippen LogP contribution is 2.35. The smallest absolute Gasteiger partial charge is 0.417 e. The minimum atomic E-state index is -4.74. The van der Waals surface area contributed by atoms with Crippen LogP contribution in [0.4, 0.5) is 18.9 Å². The zero-order valence-electron chi connectivity index (χ0n) is 13.9. The summed E-state index contributed by atoms with van der Waals surface area (Å²) in [5.41, 5.74) is -1.61. The second-order valence-corrected chi connectivity index (χ2v) is 7.24. The lowest BCUT2D eigenvalue weighted by Gasteiger charge is -2.10. The fraction of sp³-hybridized carbons (Fsp3) is 0.133. The standard InChI is InChI=1S/C15H11ClF3N3O5S/c1-27-10-2-5-14(22(23)24)9(6-10)8-20-21-28(25,26)11-3-4-12(13(16)7-11)15(17,18)19/h2-8,21H,1H3. The normalized spacial score (nSPS) is 12.2. The monoisotopic (exact) mass is 437 g/mol. The molecule has 0 spiro atoms. The van der Waals surface area contributed by atoms with Crippen molar-refractivity contribution in [2.75, 3.05) is 7.11 Å². The zero-order valence-corrected chi connectivity index (χ0v) is 15.5. The van der Waals surface area contributed by atoms with Gasteiger partial charge in [-0.2, -0.15) is 26.7 Å². The van der Waals surface area contributed by atoms with Gasteiger partial charge in [0.15, 0.2) is 0 Å². The molecule has 0 atom stereocenters. The van der Waals surface area contributed by atoms with Crippen LogP contribution in [0, 0.1) is 10.1 Å².